The Kier molecular flexibility index (Phi) is 5.13. The van der Waals surface area contributed by atoms with Crippen molar-refractivity contribution in [3.05, 3.63) is 39.7 Å². The molecule has 1 aliphatic rings. The fraction of sp³-hybridized carbons (Fsp3) is 0.333. The van der Waals surface area contributed by atoms with Crippen LogP contribution in [0.1, 0.15) is 12.6 Å². The van der Waals surface area contributed by atoms with Crippen LogP contribution >= 0.6 is 23.4 Å². The number of rotatable bonds is 4. The highest BCUT2D eigenvalue weighted by Gasteiger charge is 2.23. The number of nitrogens with one attached hydrogen (secondary N) is 1. The van der Waals surface area contributed by atoms with Gasteiger partial charge in [-0.1, -0.05) is 11.6 Å². The number of carbonyl (C=O) groups is 1. The molecule has 0 radical (unpaired) electrons. The zero-order chi connectivity index (χ0) is 15.5. The van der Waals surface area contributed by atoms with Gasteiger partial charge in [-0.05, 0) is 19.1 Å². The van der Waals surface area contributed by atoms with Gasteiger partial charge in [-0.25, -0.2) is 13.1 Å². The van der Waals surface area contributed by atoms with Gasteiger partial charge < -0.3 is 4.74 Å². The molecule has 9 heteroatoms. The standard InChI is InChI=1S/C12H13ClN2O4S2/c1-8-11(20-5-4-19-8)12(16)15-21(17,18)7-10-3-2-9(13)6-14-10/h2-3,6H,4-5,7H2,1H3,(H,15,16). The second kappa shape index (κ2) is 6.67. The lowest BCUT2D eigenvalue weighted by molar-refractivity contribution is -0.115. The largest absolute Gasteiger partial charge is 0.496 e. The fourth-order valence-electron chi connectivity index (χ4n) is 1.64. The van der Waals surface area contributed by atoms with Crippen molar-refractivity contribution < 1.29 is 17.9 Å². The summed E-state index contributed by atoms with van der Waals surface area (Å²) >= 11 is 6.95. The minimum Gasteiger partial charge on any atom is -0.496 e. The monoisotopic (exact) mass is 348 g/mol. The minimum absolute atomic E-state index is 0.286. The molecule has 0 unspecified atom stereocenters. The third-order valence-corrected chi connectivity index (χ3v) is 5.08. The zero-order valence-electron chi connectivity index (χ0n) is 11.1. The van der Waals surface area contributed by atoms with E-state index in [0.29, 0.717) is 28.8 Å². The second-order valence-electron chi connectivity index (χ2n) is 4.24. The number of ether oxygens (including phenoxy) is 1. The van der Waals surface area contributed by atoms with Gasteiger partial charge in [-0.3, -0.25) is 9.78 Å². The van der Waals surface area contributed by atoms with Gasteiger partial charge in [0, 0.05) is 11.9 Å². The molecular weight excluding hydrogens is 336 g/mol. The van der Waals surface area contributed by atoms with Crippen LogP contribution in [0.5, 0.6) is 0 Å². The Labute approximate surface area is 132 Å². The number of thioether (sulfide) groups is 1. The molecule has 0 spiro atoms. The molecule has 1 aromatic rings. The number of carbonyl (C=O) groups excluding carboxylic acids is 1. The first-order chi connectivity index (χ1) is 9.87. The van der Waals surface area contributed by atoms with Gasteiger partial charge in [0.05, 0.1) is 17.3 Å². The number of sulfonamides is 1. The van der Waals surface area contributed by atoms with E-state index in [2.05, 4.69) is 4.98 Å². The highest BCUT2D eigenvalue weighted by molar-refractivity contribution is 8.04. The summed E-state index contributed by atoms with van der Waals surface area (Å²) in [6, 6.07) is 3.04. The summed E-state index contributed by atoms with van der Waals surface area (Å²) in [5.74, 6) is -0.0261. The van der Waals surface area contributed by atoms with Gasteiger partial charge in [0.2, 0.25) is 10.0 Å². The zero-order valence-corrected chi connectivity index (χ0v) is 13.5. The molecule has 1 aliphatic heterocycles. The smallest absolute Gasteiger partial charge is 0.274 e. The molecule has 2 heterocycles. The van der Waals surface area contributed by atoms with Crippen molar-refractivity contribution in [1.82, 2.24) is 9.71 Å². The van der Waals surface area contributed by atoms with E-state index in [1.54, 1.807) is 13.0 Å². The lowest BCUT2D eigenvalue weighted by atomic mass is 10.4. The van der Waals surface area contributed by atoms with Crippen LogP contribution in [0.15, 0.2) is 29.0 Å². The Bertz CT molecular complexity index is 671. The SMILES string of the molecule is CC1=C(C(=O)NS(=O)(=O)Cc2ccc(Cl)cn2)SCCO1. The molecule has 0 fully saturated rings. The van der Waals surface area contributed by atoms with Crippen LogP contribution in [0.4, 0.5) is 0 Å². The number of halogens is 1. The Balaban J connectivity index is 2.07. The number of hydrogen-bond donors (Lipinski definition) is 1. The molecule has 0 saturated heterocycles. The lowest BCUT2D eigenvalue weighted by Crippen LogP contribution is -2.33. The maximum absolute atomic E-state index is 12.0. The minimum atomic E-state index is -3.83. The van der Waals surface area contributed by atoms with Crippen molar-refractivity contribution in [3.63, 3.8) is 0 Å². The molecule has 1 aromatic heterocycles. The number of pyridine rings is 1. The summed E-state index contributed by atoms with van der Waals surface area (Å²) in [5, 5.41) is 0.414. The van der Waals surface area contributed by atoms with Crippen LogP contribution < -0.4 is 4.72 Å². The highest BCUT2D eigenvalue weighted by Crippen LogP contribution is 2.25. The van der Waals surface area contributed by atoms with E-state index in [0.717, 1.165) is 0 Å². The van der Waals surface area contributed by atoms with Gasteiger partial charge in [0.1, 0.15) is 16.4 Å². The molecule has 0 saturated carbocycles. The van der Waals surface area contributed by atoms with Gasteiger partial charge >= 0.3 is 0 Å². The van der Waals surface area contributed by atoms with E-state index in [4.69, 9.17) is 16.3 Å². The number of aromatic nitrogens is 1. The molecule has 0 aromatic carbocycles. The van der Waals surface area contributed by atoms with Crippen molar-refractivity contribution in [2.45, 2.75) is 12.7 Å². The van der Waals surface area contributed by atoms with Crippen molar-refractivity contribution in [3.8, 4) is 0 Å². The molecule has 0 bridgehead atoms. The second-order valence-corrected chi connectivity index (χ2v) is 7.50. The van der Waals surface area contributed by atoms with E-state index in [9.17, 15) is 13.2 Å². The lowest BCUT2D eigenvalue weighted by Gasteiger charge is -2.17. The molecule has 6 nitrogen and oxygen atoms in total. The molecule has 1 amide bonds. The van der Waals surface area contributed by atoms with E-state index in [1.165, 1.54) is 24.0 Å². The van der Waals surface area contributed by atoms with Crippen LogP contribution in [0.25, 0.3) is 0 Å². The van der Waals surface area contributed by atoms with Gasteiger partial charge in [0.15, 0.2) is 0 Å². The number of hydrogen-bond acceptors (Lipinski definition) is 6. The molecular formula is C12H13ClN2O4S2. The van der Waals surface area contributed by atoms with Crippen molar-refractivity contribution in [1.29, 1.82) is 0 Å². The summed E-state index contributed by atoms with van der Waals surface area (Å²) < 4.78 is 31.2. The molecule has 1 N–H and O–H groups in total. The van der Waals surface area contributed by atoms with Crippen LogP contribution in [-0.4, -0.2) is 31.7 Å². The van der Waals surface area contributed by atoms with E-state index >= 15 is 0 Å². The summed E-state index contributed by atoms with van der Waals surface area (Å²) in [5.41, 5.74) is 0.304. The first-order valence-electron chi connectivity index (χ1n) is 5.99. The molecule has 114 valence electrons. The maximum atomic E-state index is 12.0. The third-order valence-electron chi connectivity index (χ3n) is 2.55. The number of allylic oxidation sites excluding steroid dienone is 1. The first kappa shape index (κ1) is 16.1. The van der Waals surface area contributed by atoms with E-state index in [1.807, 2.05) is 4.72 Å². The quantitative estimate of drug-likeness (QED) is 0.891. The summed E-state index contributed by atoms with van der Waals surface area (Å²) in [6.07, 6.45) is 1.35. The Morgan fingerprint density at radius 1 is 1.52 bits per heavy atom. The van der Waals surface area contributed by atoms with E-state index < -0.39 is 21.7 Å². The number of nitrogens with zero attached hydrogens (tertiary/aromatic N) is 1. The average molecular weight is 349 g/mol. The molecule has 0 atom stereocenters. The predicted molar refractivity (Wildman–Crippen MR) is 81.1 cm³/mol. The van der Waals surface area contributed by atoms with Gasteiger partial charge in [0.25, 0.3) is 5.91 Å². The van der Waals surface area contributed by atoms with Crippen LogP contribution in [0.2, 0.25) is 5.02 Å². The van der Waals surface area contributed by atoms with Crippen LogP contribution in [0, 0.1) is 0 Å². The summed E-state index contributed by atoms with van der Waals surface area (Å²) in [6.45, 7) is 2.14. The van der Waals surface area contributed by atoms with Crippen LogP contribution in [0.3, 0.4) is 0 Å². The summed E-state index contributed by atoms with van der Waals surface area (Å²) in [7, 11) is -3.83. The topological polar surface area (TPSA) is 85.4 Å². The first-order valence-corrected chi connectivity index (χ1v) is 9.01. The fourth-order valence-corrected chi connectivity index (χ4v) is 3.65. The average Bonchev–Trinajstić information content (AvgIpc) is 2.41. The highest BCUT2D eigenvalue weighted by atomic mass is 35.5. The Morgan fingerprint density at radius 3 is 2.90 bits per heavy atom. The van der Waals surface area contributed by atoms with Crippen molar-refractivity contribution >= 4 is 39.3 Å². The van der Waals surface area contributed by atoms with Gasteiger partial charge in [-0.2, -0.15) is 0 Å². The molecule has 0 aliphatic carbocycles. The maximum Gasteiger partial charge on any atom is 0.274 e. The summed E-state index contributed by atoms with van der Waals surface area (Å²) in [4.78, 5) is 16.2. The normalized spacial score (nSPS) is 15.5. The molecule has 21 heavy (non-hydrogen) atoms. The van der Waals surface area contributed by atoms with Crippen molar-refractivity contribution in [2.75, 3.05) is 12.4 Å². The Hall–Kier alpha value is -1.25. The Morgan fingerprint density at radius 2 is 2.29 bits per heavy atom. The predicted octanol–water partition coefficient (Wildman–Crippen LogP) is 1.68. The third kappa shape index (κ3) is 4.62. The van der Waals surface area contributed by atoms with Gasteiger partial charge in [-0.15, -0.1) is 11.8 Å². The van der Waals surface area contributed by atoms with Crippen molar-refractivity contribution in [2.24, 2.45) is 0 Å². The van der Waals surface area contributed by atoms with E-state index in [-0.39, 0.29) is 4.91 Å². The number of amides is 1. The van der Waals surface area contributed by atoms with Crippen LogP contribution in [-0.2, 0) is 25.3 Å². The molecule has 2 rings (SSSR count).